The predicted molar refractivity (Wildman–Crippen MR) is 105 cm³/mol. The lowest BCUT2D eigenvalue weighted by Crippen LogP contribution is -2.24. The zero-order chi connectivity index (χ0) is 19.2. The minimum Gasteiger partial charge on any atom is -0.494 e. The van der Waals surface area contributed by atoms with Gasteiger partial charge in [0, 0.05) is 30.3 Å². The second-order valence-corrected chi connectivity index (χ2v) is 6.11. The fourth-order valence-corrected chi connectivity index (χ4v) is 2.94. The molecule has 0 aromatic heterocycles. The van der Waals surface area contributed by atoms with Crippen LogP contribution in [0.5, 0.6) is 11.5 Å². The van der Waals surface area contributed by atoms with E-state index < -0.39 is 0 Å². The minimum absolute atomic E-state index is 0.0869. The number of nitrogens with one attached hydrogen (secondary N) is 1. The Balaban J connectivity index is 1.72. The quantitative estimate of drug-likeness (QED) is 0.760. The van der Waals surface area contributed by atoms with E-state index in [1.807, 2.05) is 0 Å². The summed E-state index contributed by atoms with van der Waals surface area (Å²) in [6.45, 7) is 4.69. The molecule has 2 amide bonds. The Bertz CT molecular complexity index is 846. The minimum atomic E-state index is -0.239. The predicted octanol–water partition coefficient (Wildman–Crippen LogP) is 3.64. The third-order valence-corrected chi connectivity index (χ3v) is 4.29. The summed E-state index contributed by atoms with van der Waals surface area (Å²) in [6, 6.07) is 12.2. The zero-order valence-electron chi connectivity index (χ0n) is 15.2. The number of benzene rings is 2. The molecule has 1 heterocycles. The van der Waals surface area contributed by atoms with Crippen molar-refractivity contribution in [3.8, 4) is 11.5 Å². The molecule has 0 aliphatic carbocycles. The molecule has 0 unspecified atom stereocenters. The van der Waals surface area contributed by atoms with Gasteiger partial charge in [0.05, 0.1) is 12.8 Å². The van der Waals surface area contributed by atoms with Gasteiger partial charge in [-0.05, 0) is 42.8 Å². The maximum atomic E-state index is 12.5. The Morgan fingerprint density at radius 2 is 2.04 bits per heavy atom. The van der Waals surface area contributed by atoms with E-state index >= 15 is 0 Å². The van der Waals surface area contributed by atoms with Crippen molar-refractivity contribution >= 4 is 23.2 Å². The van der Waals surface area contributed by atoms with Gasteiger partial charge in [0.15, 0.2) is 0 Å². The van der Waals surface area contributed by atoms with E-state index in [0.29, 0.717) is 42.3 Å². The molecule has 0 radical (unpaired) electrons. The Kier molecular flexibility index (Phi) is 5.76. The maximum absolute atomic E-state index is 12.5. The molecule has 27 heavy (non-hydrogen) atoms. The average molecular weight is 366 g/mol. The van der Waals surface area contributed by atoms with E-state index in [4.69, 9.17) is 9.47 Å². The first kappa shape index (κ1) is 18.5. The van der Waals surface area contributed by atoms with Crippen molar-refractivity contribution < 1.29 is 19.1 Å². The molecule has 0 bridgehead atoms. The molecule has 6 nitrogen and oxygen atoms in total. The molecule has 1 fully saturated rings. The molecule has 1 N–H and O–H groups in total. The molecule has 2 aromatic rings. The Morgan fingerprint density at radius 1 is 1.26 bits per heavy atom. The van der Waals surface area contributed by atoms with E-state index in [-0.39, 0.29) is 11.8 Å². The average Bonchev–Trinajstić information content (AvgIpc) is 3.12. The Morgan fingerprint density at radius 3 is 2.67 bits per heavy atom. The molecular weight excluding hydrogens is 344 g/mol. The van der Waals surface area contributed by atoms with Crippen molar-refractivity contribution in [3.63, 3.8) is 0 Å². The van der Waals surface area contributed by atoms with Crippen molar-refractivity contribution in [2.75, 3.05) is 30.5 Å². The topological polar surface area (TPSA) is 67.9 Å². The summed E-state index contributed by atoms with van der Waals surface area (Å²) < 4.78 is 10.8. The van der Waals surface area contributed by atoms with Gasteiger partial charge in [-0.3, -0.25) is 9.59 Å². The highest BCUT2D eigenvalue weighted by molar-refractivity contribution is 6.05. The number of ether oxygens (including phenoxy) is 2. The monoisotopic (exact) mass is 366 g/mol. The first-order chi connectivity index (χ1) is 13.1. The van der Waals surface area contributed by atoms with E-state index in [1.54, 1.807) is 60.6 Å². The number of carbonyl (C=O) groups is 2. The number of methoxy groups -OCH3 is 1. The summed E-state index contributed by atoms with van der Waals surface area (Å²) in [4.78, 5) is 26.1. The van der Waals surface area contributed by atoms with Crippen molar-refractivity contribution in [1.82, 2.24) is 0 Å². The fraction of sp³-hybridized carbons (Fsp3) is 0.238. The van der Waals surface area contributed by atoms with Crippen LogP contribution in [0.25, 0.3) is 0 Å². The van der Waals surface area contributed by atoms with E-state index in [9.17, 15) is 9.59 Å². The first-order valence-corrected chi connectivity index (χ1v) is 8.76. The van der Waals surface area contributed by atoms with Crippen molar-refractivity contribution in [2.24, 2.45) is 0 Å². The van der Waals surface area contributed by atoms with Gasteiger partial charge in [-0.1, -0.05) is 12.7 Å². The van der Waals surface area contributed by atoms with E-state index in [0.717, 1.165) is 12.1 Å². The lowest BCUT2D eigenvalue weighted by molar-refractivity contribution is -0.117. The molecule has 140 valence electrons. The Labute approximate surface area is 158 Å². The lowest BCUT2D eigenvalue weighted by Gasteiger charge is -2.19. The summed E-state index contributed by atoms with van der Waals surface area (Å²) in [5, 5.41) is 2.85. The van der Waals surface area contributed by atoms with Crippen LogP contribution >= 0.6 is 0 Å². The maximum Gasteiger partial charge on any atom is 0.255 e. The number of hydrogen-bond donors (Lipinski definition) is 1. The third kappa shape index (κ3) is 4.28. The van der Waals surface area contributed by atoms with Crippen LogP contribution in [0.4, 0.5) is 11.4 Å². The summed E-state index contributed by atoms with van der Waals surface area (Å²) in [6.07, 6.45) is 3.05. The van der Waals surface area contributed by atoms with Gasteiger partial charge in [0.25, 0.3) is 5.91 Å². The molecule has 1 saturated heterocycles. The van der Waals surface area contributed by atoms with Crippen LogP contribution < -0.4 is 19.7 Å². The van der Waals surface area contributed by atoms with Crippen molar-refractivity contribution in [1.29, 1.82) is 0 Å². The van der Waals surface area contributed by atoms with Crippen LogP contribution in [0.3, 0.4) is 0 Å². The van der Waals surface area contributed by atoms with Crippen LogP contribution in [0, 0.1) is 0 Å². The molecule has 0 spiro atoms. The largest absolute Gasteiger partial charge is 0.494 e. The summed E-state index contributed by atoms with van der Waals surface area (Å²) in [5.74, 6) is 1.07. The van der Waals surface area contributed by atoms with Crippen LogP contribution in [0.2, 0.25) is 0 Å². The van der Waals surface area contributed by atoms with Gasteiger partial charge in [0.2, 0.25) is 5.91 Å². The summed E-state index contributed by atoms with van der Waals surface area (Å²) >= 11 is 0. The summed E-state index contributed by atoms with van der Waals surface area (Å²) in [5.41, 5.74) is 1.83. The number of amides is 2. The van der Waals surface area contributed by atoms with Gasteiger partial charge in [-0.15, -0.1) is 0 Å². The molecule has 0 saturated carbocycles. The number of carbonyl (C=O) groups excluding carboxylic acids is 2. The molecule has 6 heteroatoms. The van der Waals surface area contributed by atoms with Crippen LogP contribution in [0.1, 0.15) is 23.2 Å². The van der Waals surface area contributed by atoms with Gasteiger partial charge in [-0.2, -0.15) is 0 Å². The van der Waals surface area contributed by atoms with Gasteiger partial charge in [-0.25, -0.2) is 0 Å². The van der Waals surface area contributed by atoms with Crippen LogP contribution in [-0.2, 0) is 4.79 Å². The highest BCUT2D eigenvalue weighted by atomic mass is 16.5. The van der Waals surface area contributed by atoms with Crippen molar-refractivity contribution in [2.45, 2.75) is 12.8 Å². The normalized spacial score (nSPS) is 13.4. The zero-order valence-corrected chi connectivity index (χ0v) is 15.2. The number of nitrogens with zero attached hydrogens (tertiary/aromatic N) is 1. The molecule has 1 aliphatic rings. The van der Waals surface area contributed by atoms with Crippen molar-refractivity contribution in [3.05, 3.63) is 60.7 Å². The molecule has 0 atom stereocenters. The second-order valence-electron chi connectivity index (χ2n) is 6.11. The molecule has 3 rings (SSSR count). The molecule has 1 aliphatic heterocycles. The fourth-order valence-electron chi connectivity index (χ4n) is 2.94. The smallest absolute Gasteiger partial charge is 0.255 e. The molecular formula is C21H22N2O4. The standard InChI is InChI=1S/C21H22N2O4/c1-3-13-27-17-9-6-15(7-10-17)21(25)22-16-8-11-18(19(14-16)26-2)23-12-4-5-20(23)24/h3,6-11,14H,1,4-5,12-13H2,2H3,(H,22,25). The number of anilines is 2. The van der Waals surface area contributed by atoms with Gasteiger partial charge < -0.3 is 19.7 Å². The van der Waals surface area contributed by atoms with Crippen LogP contribution in [-0.4, -0.2) is 32.1 Å². The van der Waals surface area contributed by atoms with E-state index in [2.05, 4.69) is 11.9 Å². The molecule has 2 aromatic carbocycles. The second kappa shape index (κ2) is 8.40. The number of rotatable bonds is 7. The highest BCUT2D eigenvalue weighted by Crippen LogP contribution is 2.34. The van der Waals surface area contributed by atoms with E-state index in [1.165, 1.54) is 0 Å². The highest BCUT2D eigenvalue weighted by Gasteiger charge is 2.24. The summed E-state index contributed by atoms with van der Waals surface area (Å²) in [7, 11) is 1.55. The van der Waals surface area contributed by atoms with Gasteiger partial charge in [0.1, 0.15) is 18.1 Å². The SMILES string of the molecule is C=CCOc1ccc(C(=O)Nc2ccc(N3CCCC3=O)c(OC)c2)cc1. The first-order valence-electron chi connectivity index (χ1n) is 8.76. The third-order valence-electron chi connectivity index (χ3n) is 4.29. The van der Waals surface area contributed by atoms with Gasteiger partial charge >= 0.3 is 0 Å². The Hall–Kier alpha value is -3.28. The lowest BCUT2D eigenvalue weighted by atomic mass is 10.2. The van der Waals surface area contributed by atoms with Crippen LogP contribution in [0.15, 0.2) is 55.1 Å². The number of hydrogen-bond acceptors (Lipinski definition) is 4.